The summed E-state index contributed by atoms with van der Waals surface area (Å²) in [7, 11) is 0. The second-order valence-electron chi connectivity index (χ2n) is 2.65. The number of aliphatic hydroxyl groups is 1. The zero-order chi connectivity index (χ0) is 9.84. The highest BCUT2D eigenvalue weighted by Gasteiger charge is 1.99. The first-order valence-electron chi connectivity index (χ1n) is 3.77. The van der Waals surface area contributed by atoms with E-state index in [-0.39, 0.29) is 17.4 Å². The Morgan fingerprint density at radius 1 is 1.38 bits per heavy atom. The molecule has 3 heteroatoms. The molecular formula is C10H9FO2. The molecule has 2 nitrogen and oxygen atoms in total. The molecule has 0 saturated heterocycles. The summed E-state index contributed by atoms with van der Waals surface area (Å²) in [5.74, 6) is -0.770. The summed E-state index contributed by atoms with van der Waals surface area (Å²) in [5, 5.41) is 9.30. The van der Waals surface area contributed by atoms with Crippen molar-refractivity contribution in [2.24, 2.45) is 0 Å². The van der Waals surface area contributed by atoms with E-state index in [1.165, 1.54) is 31.2 Å². The summed E-state index contributed by atoms with van der Waals surface area (Å²) >= 11 is 0. The number of rotatable bonds is 2. The van der Waals surface area contributed by atoms with E-state index in [0.717, 1.165) is 6.08 Å². The maximum atomic E-state index is 12.4. The van der Waals surface area contributed by atoms with Crippen LogP contribution in [-0.2, 0) is 4.79 Å². The molecule has 1 aromatic carbocycles. The van der Waals surface area contributed by atoms with Gasteiger partial charge in [0.15, 0.2) is 5.78 Å². The first-order valence-corrected chi connectivity index (χ1v) is 3.77. The summed E-state index contributed by atoms with van der Waals surface area (Å²) in [6, 6.07) is 5.26. The molecule has 0 aliphatic heterocycles. The number of carbonyl (C=O) groups excluding carboxylic acids is 1. The molecule has 1 rings (SSSR count). The first-order chi connectivity index (χ1) is 6.09. The van der Waals surface area contributed by atoms with Gasteiger partial charge in [0.1, 0.15) is 11.6 Å². The highest BCUT2D eigenvalue weighted by atomic mass is 19.1. The maximum absolute atomic E-state index is 12.4. The van der Waals surface area contributed by atoms with E-state index in [1.54, 1.807) is 0 Å². The summed E-state index contributed by atoms with van der Waals surface area (Å²) < 4.78 is 12.4. The van der Waals surface area contributed by atoms with Crippen molar-refractivity contribution in [3.05, 3.63) is 41.7 Å². The molecular weight excluding hydrogens is 171 g/mol. The van der Waals surface area contributed by atoms with Crippen molar-refractivity contribution in [2.45, 2.75) is 6.92 Å². The van der Waals surface area contributed by atoms with Gasteiger partial charge >= 0.3 is 0 Å². The molecule has 0 bridgehead atoms. The van der Waals surface area contributed by atoms with Crippen molar-refractivity contribution in [1.82, 2.24) is 0 Å². The van der Waals surface area contributed by atoms with Gasteiger partial charge in [-0.05, 0) is 31.2 Å². The van der Waals surface area contributed by atoms with Gasteiger partial charge in [-0.3, -0.25) is 4.79 Å². The monoisotopic (exact) mass is 180 g/mol. The predicted molar refractivity (Wildman–Crippen MR) is 47.7 cm³/mol. The molecule has 13 heavy (non-hydrogen) atoms. The lowest BCUT2D eigenvalue weighted by molar-refractivity contribution is -0.112. The van der Waals surface area contributed by atoms with Crippen molar-refractivity contribution in [1.29, 1.82) is 0 Å². The van der Waals surface area contributed by atoms with Gasteiger partial charge in [0, 0.05) is 11.6 Å². The van der Waals surface area contributed by atoms with Crippen molar-refractivity contribution in [3.63, 3.8) is 0 Å². The summed E-state index contributed by atoms with van der Waals surface area (Å²) in [5.41, 5.74) is 0.427. The normalized spacial score (nSPS) is 11.4. The second-order valence-corrected chi connectivity index (χ2v) is 2.65. The van der Waals surface area contributed by atoms with Gasteiger partial charge in [-0.1, -0.05) is 0 Å². The minimum absolute atomic E-state index is 0.146. The highest BCUT2D eigenvalue weighted by Crippen LogP contribution is 2.11. The SMILES string of the molecule is CC(=O)C=C(O)c1ccc(F)cc1. The third-order valence-corrected chi connectivity index (χ3v) is 1.48. The Hall–Kier alpha value is -1.64. The van der Waals surface area contributed by atoms with Crippen molar-refractivity contribution < 1.29 is 14.3 Å². The molecule has 0 aromatic heterocycles. The molecule has 0 radical (unpaired) electrons. The quantitative estimate of drug-likeness (QED) is 0.560. The van der Waals surface area contributed by atoms with Crippen LogP contribution in [0.15, 0.2) is 30.3 Å². The van der Waals surface area contributed by atoms with Crippen LogP contribution < -0.4 is 0 Å². The van der Waals surface area contributed by atoms with E-state index >= 15 is 0 Å². The molecule has 0 aliphatic carbocycles. The van der Waals surface area contributed by atoms with Gasteiger partial charge in [-0.15, -0.1) is 0 Å². The van der Waals surface area contributed by atoms with Crippen LogP contribution in [-0.4, -0.2) is 10.9 Å². The predicted octanol–water partition coefficient (Wildman–Crippen LogP) is 2.31. The number of ketones is 1. The van der Waals surface area contributed by atoms with Crippen molar-refractivity contribution >= 4 is 11.5 Å². The van der Waals surface area contributed by atoms with Gasteiger partial charge in [0.2, 0.25) is 0 Å². The molecule has 0 atom stereocenters. The fourth-order valence-corrected chi connectivity index (χ4v) is 0.897. The van der Waals surface area contributed by atoms with Crippen LogP contribution in [0.2, 0.25) is 0 Å². The molecule has 1 aromatic rings. The average molecular weight is 180 g/mol. The van der Waals surface area contributed by atoms with Gasteiger partial charge in [0.05, 0.1) is 0 Å². The summed E-state index contributed by atoms with van der Waals surface area (Å²) in [6.07, 6.45) is 1.09. The minimum Gasteiger partial charge on any atom is -0.507 e. The Kier molecular flexibility index (Phi) is 2.80. The number of hydrogen-bond acceptors (Lipinski definition) is 2. The average Bonchev–Trinajstić information content (AvgIpc) is 2.04. The second kappa shape index (κ2) is 3.85. The van der Waals surface area contributed by atoms with Crippen molar-refractivity contribution in [3.8, 4) is 0 Å². The van der Waals surface area contributed by atoms with E-state index in [9.17, 15) is 14.3 Å². The maximum Gasteiger partial charge on any atom is 0.156 e. The van der Waals surface area contributed by atoms with Gasteiger partial charge in [-0.2, -0.15) is 0 Å². The van der Waals surface area contributed by atoms with Crippen LogP contribution >= 0.6 is 0 Å². The molecule has 0 amide bonds. The number of aliphatic hydroxyl groups excluding tert-OH is 1. The fraction of sp³-hybridized carbons (Fsp3) is 0.100. The van der Waals surface area contributed by atoms with E-state index in [2.05, 4.69) is 0 Å². The molecule has 1 N–H and O–H groups in total. The standard InChI is InChI=1S/C10H9FO2/c1-7(12)6-10(13)8-2-4-9(11)5-3-8/h2-6,13H,1H3. The van der Waals surface area contributed by atoms with Gasteiger partial charge in [-0.25, -0.2) is 4.39 Å². The largest absolute Gasteiger partial charge is 0.507 e. The van der Waals surface area contributed by atoms with Crippen LogP contribution in [0.25, 0.3) is 5.76 Å². The van der Waals surface area contributed by atoms with Gasteiger partial charge < -0.3 is 5.11 Å². The summed E-state index contributed by atoms with van der Waals surface area (Å²) in [6.45, 7) is 1.33. The van der Waals surface area contributed by atoms with Crippen LogP contribution in [0.5, 0.6) is 0 Å². The van der Waals surface area contributed by atoms with Crippen LogP contribution in [0.1, 0.15) is 12.5 Å². The van der Waals surface area contributed by atoms with Crippen LogP contribution in [0, 0.1) is 5.82 Å². The molecule has 0 fully saturated rings. The third-order valence-electron chi connectivity index (χ3n) is 1.48. The Morgan fingerprint density at radius 3 is 2.38 bits per heavy atom. The molecule has 0 spiro atoms. The third kappa shape index (κ3) is 2.71. The lowest BCUT2D eigenvalue weighted by Gasteiger charge is -1.98. The smallest absolute Gasteiger partial charge is 0.156 e. The number of allylic oxidation sites excluding steroid dienone is 1. The first kappa shape index (κ1) is 9.45. The molecule has 0 saturated carbocycles. The molecule has 0 unspecified atom stereocenters. The van der Waals surface area contributed by atoms with E-state index in [0.29, 0.717) is 5.56 Å². The highest BCUT2D eigenvalue weighted by molar-refractivity contribution is 5.93. The number of halogens is 1. The van der Waals surface area contributed by atoms with E-state index in [1.807, 2.05) is 0 Å². The Labute approximate surface area is 75.3 Å². The zero-order valence-electron chi connectivity index (χ0n) is 7.12. The topological polar surface area (TPSA) is 37.3 Å². The summed E-state index contributed by atoms with van der Waals surface area (Å²) in [4.78, 5) is 10.6. The van der Waals surface area contributed by atoms with Crippen LogP contribution in [0.4, 0.5) is 4.39 Å². The Bertz CT molecular complexity index is 338. The van der Waals surface area contributed by atoms with Crippen LogP contribution in [0.3, 0.4) is 0 Å². The lowest BCUT2D eigenvalue weighted by Crippen LogP contribution is -1.88. The Morgan fingerprint density at radius 2 is 1.92 bits per heavy atom. The molecule has 0 heterocycles. The van der Waals surface area contributed by atoms with E-state index in [4.69, 9.17) is 0 Å². The van der Waals surface area contributed by atoms with Gasteiger partial charge in [0.25, 0.3) is 0 Å². The van der Waals surface area contributed by atoms with Crippen molar-refractivity contribution in [2.75, 3.05) is 0 Å². The molecule has 0 aliphatic rings. The lowest BCUT2D eigenvalue weighted by atomic mass is 10.1. The number of carbonyl (C=O) groups is 1. The molecule has 68 valence electrons. The van der Waals surface area contributed by atoms with E-state index < -0.39 is 0 Å². The zero-order valence-corrected chi connectivity index (χ0v) is 7.12. The number of benzene rings is 1. The minimum atomic E-state index is -0.376. The number of hydrogen-bond donors (Lipinski definition) is 1. The fourth-order valence-electron chi connectivity index (χ4n) is 0.897. The Balaban J connectivity index is 2.96.